The van der Waals surface area contributed by atoms with E-state index in [2.05, 4.69) is 9.97 Å². The zero-order valence-electron chi connectivity index (χ0n) is 9.57. The molecule has 17 heavy (non-hydrogen) atoms. The van der Waals surface area contributed by atoms with E-state index in [1.165, 1.54) is 11.6 Å². The molecule has 0 saturated carbocycles. The highest BCUT2D eigenvalue weighted by Gasteiger charge is 2.04. The van der Waals surface area contributed by atoms with Crippen molar-refractivity contribution in [3.05, 3.63) is 40.5 Å². The second kappa shape index (κ2) is 4.59. The molecule has 2 aromatic rings. The third kappa shape index (κ3) is 2.85. The molecule has 0 aliphatic carbocycles. The minimum Gasteiger partial charge on any atom is -0.439 e. The largest absolute Gasteiger partial charge is 0.439 e. The van der Waals surface area contributed by atoms with E-state index in [9.17, 15) is 0 Å². The number of nitrogens with two attached hydrogens (primary N) is 1. The molecule has 0 unspecified atom stereocenters. The van der Waals surface area contributed by atoms with Crippen LogP contribution in [0.25, 0.3) is 0 Å². The lowest BCUT2D eigenvalue weighted by molar-refractivity contribution is 0.462. The summed E-state index contributed by atoms with van der Waals surface area (Å²) in [6, 6.07) is 7.31. The molecule has 0 amide bonds. The standard InChI is InChI=1S/C12H12ClN3O/c1-7-3-4-9(5-8(7)2)17-11-6-10(13)15-12(14)16-11/h3-6H,1-2H3,(H2,14,15,16). The summed E-state index contributed by atoms with van der Waals surface area (Å²) in [6.45, 7) is 4.06. The SMILES string of the molecule is Cc1ccc(Oc2cc(Cl)nc(N)n2)cc1C. The Kier molecular flexibility index (Phi) is 3.15. The molecule has 0 spiro atoms. The number of hydrogen-bond donors (Lipinski definition) is 1. The quantitative estimate of drug-likeness (QED) is 0.831. The van der Waals surface area contributed by atoms with Crippen LogP contribution in [0.1, 0.15) is 11.1 Å². The van der Waals surface area contributed by atoms with Gasteiger partial charge in [-0.2, -0.15) is 4.98 Å². The molecular formula is C12H12ClN3O. The van der Waals surface area contributed by atoms with Gasteiger partial charge in [-0.15, -0.1) is 0 Å². The van der Waals surface area contributed by atoms with Crippen LogP contribution < -0.4 is 10.5 Å². The fourth-order valence-corrected chi connectivity index (χ4v) is 1.54. The number of nitrogens with zero attached hydrogens (tertiary/aromatic N) is 2. The Labute approximate surface area is 104 Å². The third-order valence-corrected chi connectivity index (χ3v) is 2.58. The van der Waals surface area contributed by atoms with Crippen LogP contribution in [0.2, 0.25) is 5.15 Å². The predicted octanol–water partition coefficient (Wildman–Crippen LogP) is 3.12. The first-order valence-corrected chi connectivity index (χ1v) is 5.47. The van der Waals surface area contributed by atoms with Gasteiger partial charge in [-0.25, -0.2) is 4.98 Å². The molecule has 1 aromatic carbocycles. The first-order chi connectivity index (χ1) is 8.04. The van der Waals surface area contributed by atoms with Crippen LogP contribution in [0.3, 0.4) is 0 Å². The number of hydrogen-bond acceptors (Lipinski definition) is 4. The number of benzene rings is 1. The maximum absolute atomic E-state index is 5.76. The molecule has 0 fully saturated rings. The van der Waals surface area contributed by atoms with Gasteiger partial charge in [0.05, 0.1) is 0 Å². The summed E-state index contributed by atoms with van der Waals surface area (Å²) in [7, 11) is 0. The number of aromatic nitrogens is 2. The van der Waals surface area contributed by atoms with Gasteiger partial charge in [0.2, 0.25) is 11.8 Å². The monoisotopic (exact) mass is 249 g/mol. The summed E-state index contributed by atoms with van der Waals surface area (Å²) >= 11 is 5.76. The molecule has 1 heterocycles. The molecule has 88 valence electrons. The van der Waals surface area contributed by atoms with E-state index in [0.29, 0.717) is 11.6 Å². The van der Waals surface area contributed by atoms with Gasteiger partial charge < -0.3 is 10.5 Å². The Morgan fingerprint density at radius 3 is 2.53 bits per heavy atom. The molecule has 0 saturated heterocycles. The van der Waals surface area contributed by atoms with Gasteiger partial charge in [0.25, 0.3) is 0 Å². The van der Waals surface area contributed by atoms with Crippen molar-refractivity contribution in [2.24, 2.45) is 0 Å². The van der Waals surface area contributed by atoms with E-state index < -0.39 is 0 Å². The van der Waals surface area contributed by atoms with Gasteiger partial charge in [-0.1, -0.05) is 17.7 Å². The Bertz CT molecular complexity index is 537. The van der Waals surface area contributed by atoms with Gasteiger partial charge in [-0.3, -0.25) is 0 Å². The van der Waals surface area contributed by atoms with E-state index >= 15 is 0 Å². The fraction of sp³-hybridized carbons (Fsp3) is 0.167. The van der Waals surface area contributed by atoms with Crippen LogP contribution in [0, 0.1) is 13.8 Å². The number of anilines is 1. The van der Waals surface area contributed by atoms with Crippen LogP contribution in [-0.2, 0) is 0 Å². The fourth-order valence-electron chi connectivity index (χ4n) is 1.36. The number of ether oxygens (including phenoxy) is 1. The van der Waals surface area contributed by atoms with E-state index in [4.69, 9.17) is 22.1 Å². The van der Waals surface area contributed by atoms with Gasteiger partial charge in [-0.05, 0) is 37.1 Å². The van der Waals surface area contributed by atoms with Crippen molar-refractivity contribution in [2.45, 2.75) is 13.8 Å². The molecule has 5 heteroatoms. The molecular weight excluding hydrogens is 238 g/mol. The second-order valence-electron chi connectivity index (χ2n) is 3.74. The maximum Gasteiger partial charge on any atom is 0.225 e. The molecule has 1 aromatic heterocycles. The summed E-state index contributed by atoms with van der Waals surface area (Å²) < 4.78 is 5.56. The molecule has 0 bridgehead atoms. The molecule has 0 aliphatic heterocycles. The summed E-state index contributed by atoms with van der Waals surface area (Å²) in [5.41, 5.74) is 7.84. The van der Waals surface area contributed by atoms with Crippen LogP contribution in [0.5, 0.6) is 11.6 Å². The van der Waals surface area contributed by atoms with E-state index in [1.807, 2.05) is 32.0 Å². The average molecular weight is 250 g/mol. The Balaban J connectivity index is 2.28. The van der Waals surface area contributed by atoms with Crippen molar-refractivity contribution >= 4 is 17.5 Å². The molecule has 0 aliphatic rings. The minimum atomic E-state index is 0.0938. The molecule has 2 N–H and O–H groups in total. The number of aryl methyl sites for hydroxylation is 2. The highest BCUT2D eigenvalue weighted by Crippen LogP contribution is 2.24. The van der Waals surface area contributed by atoms with Gasteiger partial charge >= 0.3 is 0 Å². The Hall–Kier alpha value is -1.81. The first-order valence-electron chi connectivity index (χ1n) is 5.10. The Morgan fingerprint density at radius 2 is 1.88 bits per heavy atom. The maximum atomic E-state index is 5.76. The van der Waals surface area contributed by atoms with Crippen LogP contribution >= 0.6 is 11.6 Å². The number of nitrogen functional groups attached to an aromatic ring is 1. The van der Waals surface area contributed by atoms with Crippen molar-refractivity contribution in [1.82, 2.24) is 9.97 Å². The lowest BCUT2D eigenvalue weighted by Crippen LogP contribution is -1.97. The zero-order chi connectivity index (χ0) is 12.4. The second-order valence-corrected chi connectivity index (χ2v) is 4.12. The van der Waals surface area contributed by atoms with Gasteiger partial charge in [0.15, 0.2) is 0 Å². The smallest absolute Gasteiger partial charge is 0.225 e. The number of rotatable bonds is 2. The van der Waals surface area contributed by atoms with Gasteiger partial charge in [0, 0.05) is 6.07 Å². The van der Waals surface area contributed by atoms with E-state index in [1.54, 1.807) is 0 Å². The van der Waals surface area contributed by atoms with Crippen molar-refractivity contribution in [1.29, 1.82) is 0 Å². The van der Waals surface area contributed by atoms with Crippen LogP contribution in [0.15, 0.2) is 24.3 Å². The predicted molar refractivity (Wildman–Crippen MR) is 67.4 cm³/mol. The highest BCUT2D eigenvalue weighted by molar-refractivity contribution is 6.29. The van der Waals surface area contributed by atoms with Crippen molar-refractivity contribution < 1.29 is 4.74 Å². The van der Waals surface area contributed by atoms with Crippen molar-refractivity contribution in [3.63, 3.8) is 0 Å². The minimum absolute atomic E-state index is 0.0938. The van der Waals surface area contributed by atoms with Crippen molar-refractivity contribution in [2.75, 3.05) is 5.73 Å². The van der Waals surface area contributed by atoms with Crippen LogP contribution in [0.4, 0.5) is 5.95 Å². The highest BCUT2D eigenvalue weighted by atomic mass is 35.5. The van der Waals surface area contributed by atoms with Crippen molar-refractivity contribution in [3.8, 4) is 11.6 Å². The molecule has 0 radical (unpaired) electrons. The normalized spacial score (nSPS) is 10.3. The molecule has 4 nitrogen and oxygen atoms in total. The topological polar surface area (TPSA) is 61.0 Å². The summed E-state index contributed by atoms with van der Waals surface area (Å²) in [5.74, 6) is 1.13. The summed E-state index contributed by atoms with van der Waals surface area (Å²) in [5, 5.41) is 0.260. The zero-order valence-corrected chi connectivity index (χ0v) is 10.3. The summed E-state index contributed by atoms with van der Waals surface area (Å²) in [4.78, 5) is 7.70. The average Bonchev–Trinajstić information content (AvgIpc) is 2.22. The first kappa shape index (κ1) is 11.7. The van der Waals surface area contributed by atoms with E-state index in [-0.39, 0.29) is 11.1 Å². The van der Waals surface area contributed by atoms with Gasteiger partial charge in [0.1, 0.15) is 10.9 Å². The summed E-state index contributed by atoms with van der Waals surface area (Å²) in [6.07, 6.45) is 0. The third-order valence-electron chi connectivity index (χ3n) is 2.39. The lowest BCUT2D eigenvalue weighted by Gasteiger charge is -2.07. The molecule has 2 rings (SSSR count). The molecule has 0 atom stereocenters. The van der Waals surface area contributed by atoms with Crippen LogP contribution in [-0.4, -0.2) is 9.97 Å². The van der Waals surface area contributed by atoms with E-state index in [0.717, 1.165) is 5.56 Å². The number of halogens is 1. The Morgan fingerprint density at radius 1 is 1.12 bits per heavy atom. The lowest BCUT2D eigenvalue weighted by atomic mass is 10.1.